The van der Waals surface area contributed by atoms with Crippen molar-refractivity contribution in [2.24, 2.45) is 0 Å². The highest BCUT2D eigenvalue weighted by molar-refractivity contribution is 7.47. The van der Waals surface area contributed by atoms with E-state index in [0.717, 1.165) is 27.2 Å². The second-order valence-electron chi connectivity index (χ2n) is 13.3. The predicted octanol–water partition coefficient (Wildman–Crippen LogP) is 0.450. The number of anilines is 2. The normalized spacial score (nSPS) is 26.2. The van der Waals surface area contributed by atoms with Gasteiger partial charge in [0.2, 0.25) is 5.95 Å². The Morgan fingerprint density at radius 1 is 0.862 bits per heavy atom. The monoisotopic (exact) mass is 846 g/mol. The van der Waals surface area contributed by atoms with Gasteiger partial charge in [-0.05, 0) is 22.4 Å². The zero-order valence-electron chi connectivity index (χ0n) is 30.0. The number of methoxy groups -OCH3 is 1. The summed E-state index contributed by atoms with van der Waals surface area (Å²) in [5, 5.41) is 27.0. The quantitative estimate of drug-likeness (QED) is 0.0690. The molecule has 0 saturated carbocycles. The van der Waals surface area contributed by atoms with E-state index < -0.39 is 83.5 Å². The van der Waals surface area contributed by atoms with Gasteiger partial charge in [-0.2, -0.15) is 4.98 Å². The van der Waals surface area contributed by atoms with Gasteiger partial charge in [-0.1, -0.05) is 36.4 Å². The Bertz CT molecular complexity index is 2620. The minimum Gasteiger partial charge on any atom is -0.387 e. The molecule has 24 nitrogen and oxygen atoms in total. The Balaban J connectivity index is 0.990. The molecule has 0 spiro atoms. The van der Waals surface area contributed by atoms with Crippen LogP contribution in [0.2, 0.25) is 0 Å². The van der Waals surface area contributed by atoms with Gasteiger partial charge in [0, 0.05) is 13.7 Å². The average molecular weight is 847 g/mol. The Morgan fingerprint density at radius 2 is 1.57 bits per heavy atom. The number of fused-ring (bicyclic) bond motifs is 3. The molecule has 2 aliphatic rings. The number of H-pyrrole nitrogens is 1. The van der Waals surface area contributed by atoms with Gasteiger partial charge in [-0.25, -0.2) is 29.1 Å². The van der Waals surface area contributed by atoms with Crippen molar-refractivity contribution in [2.75, 3.05) is 31.4 Å². The molecule has 9 N–H and O–H groups in total. The van der Waals surface area contributed by atoms with Gasteiger partial charge in [0.1, 0.15) is 43.0 Å². The topological polar surface area (TPSA) is 336 Å². The van der Waals surface area contributed by atoms with Crippen LogP contribution < -0.4 is 16.6 Å². The first-order valence-electron chi connectivity index (χ1n) is 17.4. The maximum atomic E-state index is 13.5. The fourth-order valence-electron chi connectivity index (χ4n) is 6.89. The summed E-state index contributed by atoms with van der Waals surface area (Å²) in [5.41, 5.74) is 6.36. The number of benzene rings is 2. The van der Waals surface area contributed by atoms with E-state index >= 15 is 0 Å². The smallest absolute Gasteiger partial charge is 0.387 e. The third kappa shape index (κ3) is 7.98. The van der Waals surface area contributed by atoms with Crippen LogP contribution in [0, 0.1) is 0 Å². The lowest BCUT2D eigenvalue weighted by Crippen LogP contribution is -2.38. The Kier molecular flexibility index (Phi) is 10.9. The van der Waals surface area contributed by atoms with Gasteiger partial charge < -0.3 is 50.2 Å². The van der Waals surface area contributed by atoms with Crippen molar-refractivity contribution in [3.8, 4) is 0 Å². The molecule has 0 bridgehead atoms. The number of hydrogen-bond donors (Lipinski definition) is 8. The van der Waals surface area contributed by atoms with Crippen molar-refractivity contribution in [1.82, 2.24) is 39.0 Å². The zero-order chi connectivity index (χ0) is 40.9. The highest BCUT2D eigenvalue weighted by Crippen LogP contribution is 2.50. The fraction of sp³-hybridized carbons (Fsp3) is 0.375. The van der Waals surface area contributed by atoms with E-state index in [1.165, 1.54) is 24.3 Å². The van der Waals surface area contributed by atoms with Crippen LogP contribution in [0.5, 0.6) is 0 Å². The maximum absolute atomic E-state index is 13.5. The average Bonchev–Trinajstić information content (AvgIpc) is 3.95. The van der Waals surface area contributed by atoms with Gasteiger partial charge in [-0.3, -0.25) is 32.5 Å². The van der Waals surface area contributed by atoms with E-state index in [9.17, 15) is 38.8 Å². The number of aliphatic hydroxyl groups excluding tert-OH is 2. The molecule has 2 saturated heterocycles. The molecule has 4 aromatic heterocycles. The number of phosphoric acid groups is 2. The van der Waals surface area contributed by atoms with Crippen LogP contribution in [0.25, 0.3) is 33.1 Å². The van der Waals surface area contributed by atoms with E-state index in [4.69, 9.17) is 33.5 Å². The van der Waals surface area contributed by atoms with E-state index in [0.29, 0.717) is 17.9 Å². The van der Waals surface area contributed by atoms with E-state index in [1.807, 2.05) is 42.5 Å². The number of imidazole rings is 2. The number of phosphoric ester groups is 2. The first kappa shape index (κ1) is 40.0. The number of nitrogens with zero attached hydrogens (tertiary/aromatic N) is 7. The summed E-state index contributed by atoms with van der Waals surface area (Å²) in [6.07, 6.45) is -7.86. The second-order valence-corrected chi connectivity index (χ2v) is 15.9. The Hall–Kier alpha value is -4.78. The van der Waals surface area contributed by atoms with Crippen molar-refractivity contribution in [3.63, 3.8) is 0 Å². The summed E-state index contributed by atoms with van der Waals surface area (Å²) < 4.78 is 60.6. The first-order chi connectivity index (χ1) is 27.7. The summed E-state index contributed by atoms with van der Waals surface area (Å²) in [6.45, 7) is -1.25. The number of ether oxygens (including phenoxy) is 3. The molecular formula is C32H36N10O14P2. The second kappa shape index (κ2) is 15.8. The number of hydrogen-bond acceptors (Lipinski definition) is 18. The van der Waals surface area contributed by atoms with Gasteiger partial charge >= 0.3 is 15.6 Å². The van der Waals surface area contributed by atoms with Crippen LogP contribution in [0.4, 0.5) is 11.8 Å². The van der Waals surface area contributed by atoms with Crippen molar-refractivity contribution in [2.45, 2.75) is 55.6 Å². The standard InChI is InChI=1S/C32H36N10O14P2/c1-51-25-24(56-58(49,50)53-10-18-22(43)23(44)30(54-18)42-14-38-21-28(42)39-32(33)40-29(21)45)19(11-52-57(46,47)48)55-31(25)41-13-37-20-26(35-12-36-27(20)41)34-9-15-6-7-16-4-2-3-5-17(16)8-15/h2-8,12-14,18-19,22-25,30-31,43-44H,9-11H2,1H3,(H,49,50)(H,34,35,36)(H2,46,47,48)(H3,33,39,40,45). The van der Waals surface area contributed by atoms with Gasteiger partial charge in [0.15, 0.2) is 40.6 Å². The number of nitrogens with one attached hydrogen (secondary N) is 2. The lowest BCUT2D eigenvalue weighted by Gasteiger charge is -2.26. The highest BCUT2D eigenvalue weighted by atomic mass is 31.2. The molecule has 0 aliphatic carbocycles. The number of aromatic nitrogens is 8. The molecule has 0 radical (unpaired) electrons. The number of rotatable bonds is 14. The Labute approximate surface area is 325 Å². The maximum Gasteiger partial charge on any atom is 0.472 e. The largest absolute Gasteiger partial charge is 0.472 e. The molecular weight excluding hydrogens is 810 g/mol. The van der Waals surface area contributed by atoms with Gasteiger partial charge in [-0.15, -0.1) is 0 Å². The number of nitrogen functional groups attached to an aromatic ring is 1. The molecule has 9 unspecified atom stereocenters. The van der Waals surface area contributed by atoms with Crippen LogP contribution in [0.3, 0.4) is 0 Å². The molecule has 2 aromatic carbocycles. The van der Waals surface area contributed by atoms with E-state index in [2.05, 4.69) is 35.2 Å². The molecule has 308 valence electrons. The van der Waals surface area contributed by atoms with Crippen LogP contribution in [-0.4, -0.2) is 121 Å². The van der Waals surface area contributed by atoms with Crippen LogP contribution in [0.1, 0.15) is 18.0 Å². The molecule has 8 rings (SSSR count). The molecule has 6 aromatic rings. The van der Waals surface area contributed by atoms with E-state index in [1.54, 1.807) is 0 Å². The fourth-order valence-corrected chi connectivity index (χ4v) is 8.20. The minimum atomic E-state index is -5.17. The summed E-state index contributed by atoms with van der Waals surface area (Å²) in [7, 11) is -9.00. The number of aromatic amines is 1. The van der Waals surface area contributed by atoms with Gasteiger partial charge in [0.05, 0.1) is 25.9 Å². The van der Waals surface area contributed by atoms with Crippen molar-refractivity contribution in [3.05, 3.63) is 77.4 Å². The number of aliphatic hydroxyl groups is 2. The lowest BCUT2D eigenvalue weighted by atomic mass is 10.1. The van der Waals surface area contributed by atoms with Crippen LogP contribution in [0.15, 0.2) is 66.2 Å². The first-order valence-corrected chi connectivity index (χ1v) is 20.4. The van der Waals surface area contributed by atoms with Crippen LogP contribution in [-0.2, 0) is 43.5 Å². The summed E-state index contributed by atoms with van der Waals surface area (Å²) in [5.74, 6) is 0.136. The number of nitrogens with two attached hydrogens (primary N) is 1. The SMILES string of the molecule is COC1C(OP(=O)(O)OCC2OC(n3cnc4c(=O)[nH]c(N)nc43)C(O)C2O)C(COP(=O)(O)O)OC1n1cnc2c(NCc3ccc4ccccc4c3)ncnc21. The predicted molar refractivity (Wildman–Crippen MR) is 198 cm³/mol. The highest BCUT2D eigenvalue weighted by Gasteiger charge is 2.52. The summed E-state index contributed by atoms with van der Waals surface area (Å²) >= 11 is 0. The molecule has 9 atom stereocenters. The van der Waals surface area contributed by atoms with Crippen molar-refractivity contribution < 1.29 is 61.8 Å². The molecule has 26 heteroatoms. The van der Waals surface area contributed by atoms with Crippen molar-refractivity contribution in [1.29, 1.82) is 0 Å². The molecule has 2 aliphatic heterocycles. The molecule has 6 heterocycles. The van der Waals surface area contributed by atoms with E-state index in [-0.39, 0.29) is 22.8 Å². The lowest BCUT2D eigenvalue weighted by molar-refractivity contribution is -0.0582. The molecule has 58 heavy (non-hydrogen) atoms. The third-order valence-electron chi connectivity index (χ3n) is 9.59. The third-order valence-corrected chi connectivity index (χ3v) is 11.1. The summed E-state index contributed by atoms with van der Waals surface area (Å²) in [6, 6.07) is 14.0. The Morgan fingerprint density at radius 3 is 2.33 bits per heavy atom. The van der Waals surface area contributed by atoms with Gasteiger partial charge in [0.25, 0.3) is 5.56 Å². The zero-order valence-corrected chi connectivity index (χ0v) is 31.8. The molecule has 2 fully saturated rings. The minimum absolute atomic E-state index is 0.0640. The van der Waals surface area contributed by atoms with Crippen LogP contribution >= 0.6 is 15.6 Å². The van der Waals surface area contributed by atoms with Crippen molar-refractivity contribution >= 4 is 60.5 Å². The molecule has 0 amide bonds. The summed E-state index contributed by atoms with van der Waals surface area (Å²) in [4.78, 5) is 65.5.